The Hall–Kier alpha value is -0.660. The maximum atomic E-state index is 13.2. The Balaban J connectivity index is 1.61. The van der Waals surface area contributed by atoms with Crippen molar-refractivity contribution in [1.29, 1.82) is 0 Å². The molecule has 140 valence electrons. The number of fused-ring (bicyclic) bond motifs is 5. The molecule has 2 nitrogen and oxygen atoms in total. The molecule has 0 spiro atoms. The molecule has 0 saturated heterocycles. The second-order valence-electron chi connectivity index (χ2n) is 10.3. The van der Waals surface area contributed by atoms with Gasteiger partial charge in [0.2, 0.25) is 0 Å². The molecule has 4 fully saturated rings. The average molecular weight is 345 g/mol. The molecule has 0 bridgehead atoms. The summed E-state index contributed by atoms with van der Waals surface area (Å²) in [4.78, 5) is 25.2. The number of Topliss-reactive ketones (excluding diaryl/α,β-unsaturated/α-hetero) is 2. The molecule has 4 aliphatic carbocycles. The third-order valence-electron chi connectivity index (χ3n) is 9.39. The van der Waals surface area contributed by atoms with Crippen molar-refractivity contribution >= 4 is 11.6 Å². The molecule has 4 rings (SSSR count). The zero-order chi connectivity index (χ0) is 17.8. The molecule has 25 heavy (non-hydrogen) atoms. The lowest BCUT2D eigenvalue weighted by atomic mass is 9.44. The van der Waals surface area contributed by atoms with E-state index in [0.717, 1.165) is 18.8 Å². The molecule has 7 atom stereocenters. The second kappa shape index (κ2) is 6.20. The number of carbonyl (C=O) groups is 2. The summed E-state index contributed by atoms with van der Waals surface area (Å²) in [6, 6.07) is 0. The molecule has 2 heteroatoms. The Morgan fingerprint density at radius 3 is 2.48 bits per heavy atom. The lowest BCUT2D eigenvalue weighted by Gasteiger charge is -2.59. The first-order valence-electron chi connectivity index (χ1n) is 10.9. The molecular weight excluding hydrogens is 308 g/mol. The highest BCUT2D eigenvalue weighted by molar-refractivity contribution is 5.86. The van der Waals surface area contributed by atoms with Crippen LogP contribution in [0.2, 0.25) is 0 Å². The summed E-state index contributed by atoms with van der Waals surface area (Å²) in [5.74, 6) is 3.57. The van der Waals surface area contributed by atoms with E-state index in [-0.39, 0.29) is 5.41 Å². The Morgan fingerprint density at radius 1 is 0.960 bits per heavy atom. The molecule has 4 saturated carbocycles. The number of unbranched alkanes of at least 4 members (excludes halogenated alkanes) is 1. The van der Waals surface area contributed by atoms with Crippen LogP contribution in [0, 0.1) is 40.4 Å². The minimum absolute atomic E-state index is 0.245. The van der Waals surface area contributed by atoms with Crippen molar-refractivity contribution in [2.45, 2.75) is 91.4 Å². The van der Waals surface area contributed by atoms with Crippen LogP contribution >= 0.6 is 0 Å². The summed E-state index contributed by atoms with van der Waals surface area (Å²) >= 11 is 0. The fourth-order valence-corrected chi connectivity index (χ4v) is 7.76. The first-order valence-corrected chi connectivity index (χ1v) is 10.9. The van der Waals surface area contributed by atoms with Crippen molar-refractivity contribution in [3.05, 3.63) is 0 Å². The molecule has 0 aromatic carbocycles. The number of ketones is 2. The minimum atomic E-state index is 0.245. The van der Waals surface area contributed by atoms with Gasteiger partial charge >= 0.3 is 0 Å². The van der Waals surface area contributed by atoms with Gasteiger partial charge in [0.05, 0.1) is 0 Å². The number of rotatable bonds is 3. The van der Waals surface area contributed by atoms with Crippen molar-refractivity contribution in [1.82, 2.24) is 0 Å². The summed E-state index contributed by atoms with van der Waals surface area (Å²) in [5, 5.41) is 0. The molecule has 0 aliphatic heterocycles. The van der Waals surface area contributed by atoms with Gasteiger partial charge in [0.15, 0.2) is 0 Å². The van der Waals surface area contributed by atoms with E-state index < -0.39 is 0 Å². The first-order chi connectivity index (χ1) is 11.9. The van der Waals surface area contributed by atoms with Gasteiger partial charge in [-0.25, -0.2) is 0 Å². The van der Waals surface area contributed by atoms with E-state index >= 15 is 0 Å². The predicted octanol–water partition coefficient (Wildman–Crippen LogP) is 5.58. The normalized spacial score (nSPS) is 49.5. The van der Waals surface area contributed by atoms with Crippen LogP contribution in [0.1, 0.15) is 91.4 Å². The van der Waals surface area contributed by atoms with Crippen LogP contribution in [-0.2, 0) is 9.59 Å². The first kappa shape index (κ1) is 17.7. The van der Waals surface area contributed by atoms with Gasteiger partial charge in [-0.2, -0.15) is 0 Å². The zero-order valence-corrected chi connectivity index (χ0v) is 16.5. The minimum Gasteiger partial charge on any atom is -0.300 e. The molecule has 0 amide bonds. The standard InChI is InChI=1S/C23H36O2/c1-4-5-6-15-7-8-18-21-19(10-12-22(15,18)2)23(3)11-9-17(24)13-16(23)14-20(21)25/h15-16,18-19,21H,4-14H2,1-3H3. The molecular formula is C23H36O2. The number of hydrogen-bond acceptors (Lipinski definition) is 2. The molecule has 4 aliphatic rings. The third-order valence-corrected chi connectivity index (χ3v) is 9.39. The van der Waals surface area contributed by atoms with Gasteiger partial charge in [0.1, 0.15) is 11.6 Å². The lowest BCUT2D eigenvalue weighted by molar-refractivity contribution is -0.158. The van der Waals surface area contributed by atoms with E-state index in [4.69, 9.17) is 0 Å². The largest absolute Gasteiger partial charge is 0.300 e. The van der Waals surface area contributed by atoms with Crippen molar-refractivity contribution in [2.75, 3.05) is 0 Å². The average Bonchev–Trinajstić information content (AvgIpc) is 2.91. The van der Waals surface area contributed by atoms with Crippen molar-refractivity contribution < 1.29 is 9.59 Å². The molecule has 0 radical (unpaired) electrons. The van der Waals surface area contributed by atoms with E-state index in [1.54, 1.807) is 0 Å². The van der Waals surface area contributed by atoms with Gasteiger partial charge in [-0.3, -0.25) is 9.59 Å². The Bertz CT molecular complexity index is 566. The number of carbonyl (C=O) groups excluding carboxylic acids is 2. The third kappa shape index (κ3) is 2.57. The van der Waals surface area contributed by atoms with Crippen LogP contribution in [0.4, 0.5) is 0 Å². The van der Waals surface area contributed by atoms with Gasteiger partial charge in [-0.05, 0) is 73.0 Å². The van der Waals surface area contributed by atoms with Gasteiger partial charge in [-0.15, -0.1) is 0 Å². The van der Waals surface area contributed by atoms with E-state index in [9.17, 15) is 9.59 Å². The van der Waals surface area contributed by atoms with Gasteiger partial charge in [-0.1, -0.05) is 33.6 Å². The molecule has 0 aromatic rings. The Kier molecular flexibility index (Phi) is 4.40. The SMILES string of the molecule is CCCCC1CCC2C3C(=O)CC4CC(=O)CCC4(C)C3CCC12C. The smallest absolute Gasteiger partial charge is 0.136 e. The fourth-order valence-electron chi connectivity index (χ4n) is 7.76. The van der Waals surface area contributed by atoms with E-state index in [1.165, 1.54) is 44.9 Å². The molecule has 0 aromatic heterocycles. The van der Waals surface area contributed by atoms with Crippen LogP contribution in [-0.4, -0.2) is 11.6 Å². The maximum Gasteiger partial charge on any atom is 0.136 e. The van der Waals surface area contributed by atoms with E-state index in [1.807, 2.05) is 0 Å². The summed E-state index contributed by atoms with van der Waals surface area (Å²) < 4.78 is 0. The fraction of sp³-hybridized carbons (Fsp3) is 0.913. The van der Waals surface area contributed by atoms with Crippen LogP contribution in [0.3, 0.4) is 0 Å². The van der Waals surface area contributed by atoms with Crippen molar-refractivity contribution in [3.8, 4) is 0 Å². The van der Waals surface area contributed by atoms with E-state index in [0.29, 0.717) is 53.5 Å². The Morgan fingerprint density at radius 2 is 1.72 bits per heavy atom. The quantitative estimate of drug-likeness (QED) is 0.669. The monoisotopic (exact) mass is 344 g/mol. The lowest BCUT2D eigenvalue weighted by Crippen LogP contribution is -2.56. The van der Waals surface area contributed by atoms with Gasteiger partial charge in [0.25, 0.3) is 0 Å². The highest BCUT2D eigenvalue weighted by atomic mass is 16.1. The highest BCUT2D eigenvalue weighted by Crippen LogP contribution is 2.66. The van der Waals surface area contributed by atoms with Gasteiger partial charge in [0, 0.05) is 25.2 Å². The van der Waals surface area contributed by atoms with Crippen LogP contribution in [0.5, 0.6) is 0 Å². The van der Waals surface area contributed by atoms with Crippen LogP contribution in [0.15, 0.2) is 0 Å². The molecule has 0 heterocycles. The summed E-state index contributed by atoms with van der Waals surface area (Å²) in [6.45, 7) is 7.25. The van der Waals surface area contributed by atoms with Crippen LogP contribution < -0.4 is 0 Å². The number of hydrogen-bond donors (Lipinski definition) is 0. The molecule has 0 N–H and O–H groups in total. The summed E-state index contributed by atoms with van der Waals surface area (Å²) in [7, 11) is 0. The zero-order valence-electron chi connectivity index (χ0n) is 16.5. The second-order valence-corrected chi connectivity index (χ2v) is 10.3. The maximum absolute atomic E-state index is 13.2. The summed E-state index contributed by atoms with van der Waals surface area (Å²) in [6.07, 6.45) is 12.3. The van der Waals surface area contributed by atoms with Crippen molar-refractivity contribution in [3.63, 3.8) is 0 Å². The highest BCUT2D eigenvalue weighted by Gasteiger charge is 2.62. The van der Waals surface area contributed by atoms with Crippen LogP contribution in [0.25, 0.3) is 0 Å². The van der Waals surface area contributed by atoms with Gasteiger partial charge < -0.3 is 0 Å². The van der Waals surface area contributed by atoms with E-state index in [2.05, 4.69) is 20.8 Å². The molecule has 7 unspecified atom stereocenters. The topological polar surface area (TPSA) is 34.1 Å². The summed E-state index contributed by atoms with van der Waals surface area (Å²) in [5.41, 5.74) is 0.648. The Labute approximate surface area is 153 Å². The van der Waals surface area contributed by atoms with Crippen molar-refractivity contribution in [2.24, 2.45) is 40.4 Å². The predicted molar refractivity (Wildman–Crippen MR) is 100 cm³/mol.